The number of halogens is 1. The second kappa shape index (κ2) is 8.06. The van der Waals surface area contributed by atoms with Gasteiger partial charge in [0.05, 0.1) is 35.8 Å². The zero-order chi connectivity index (χ0) is 17.7. The molecule has 1 heterocycles. The van der Waals surface area contributed by atoms with E-state index in [2.05, 4.69) is 10.4 Å². The van der Waals surface area contributed by atoms with Crippen LogP contribution >= 0.6 is 0 Å². The van der Waals surface area contributed by atoms with Crippen molar-refractivity contribution in [1.82, 2.24) is 15.1 Å². The Kier molecular flexibility index (Phi) is 6.09. The van der Waals surface area contributed by atoms with E-state index in [-0.39, 0.29) is 24.4 Å². The lowest BCUT2D eigenvalue weighted by Gasteiger charge is -2.18. The molecule has 1 aromatic carbocycles. The van der Waals surface area contributed by atoms with E-state index >= 15 is 0 Å². The van der Waals surface area contributed by atoms with E-state index in [0.29, 0.717) is 30.0 Å². The molecular formula is C18H24FN3O2. The molecule has 0 radical (unpaired) electrons. The van der Waals surface area contributed by atoms with Crippen molar-refractivity contribution in [2.45, 2.75) is 39.7 Å². The molecule has 24 heavy (non-hydrogen) atoms. The molecule has 2 N–H and O–H groups in total. The molecule has 0 aliphatic rings. The van der Waals surface area contributed by atoms with Crippen molar-refractivity contribution in [3.63, 3.8) is 0 Å². The normalized spacial score (nSPS) is 12.4. The number of aliphatic hydroxyl groups excluding tert-OH is 1. The average Bonchev–Trinajstić information content (AvgIpc) is 2.98. The Bertz CT molecular complexity index is 680. The lowest BCUT2D eigenvalue weighted by Crippen LogP contribution is -2.38. The van der Waals surface area contributed by atoms with E-state index in [4.69, 9.17) is 0 Å². The van der Waals surface area contributed by atoms with Crippen LogP contribution in [0.15, 0.2) is 30.5 Å². The number of hydrogen-bond acceptors (Lipinski definition) is 3. The lowest BCUT2D eigenvalue weighted by molar-refractivity contribution is 0.0907. The van der Waals surface area contributed by atoms with Gasteiger partial charge in [0, 0.05) is 0 Å². The highest BCUT2D eigenvalue weighted by molar-refractivity contribution is 5.95. The minimum atomic E-state index is -0.318. The molecule has 0 spiro atoms. The summed E-state index contributed by atoms with van der Waals surface area (Å²) in [5.74, 6) is -0.198. The first-order chi connectivity index (χ1) is 11.5. The second-order valence-corrected chi connectivity index (χ2v) is 6.23. The zero-order valence-corrected chi connectivity index (χ0v) is 14.3. The minimum absolute atomic E-state index is 0.0997. The first-order valence-electron chi connectivity index (χ1n) is 8.20. The molecule has 0 aliphatic carbocycles. The van der Waals surface area contributed by atoms with Gasteiger partial charge in [-0.2, -0.15) is 5.10 Å². The molecule has 0 bridgehead atoms. The number of carbonyl (C=O) groups excluding carboxylic acids is 1. The van der Waals surface area contributed by atoms with E-state index in [9.17, 15) is 14.3 Å². The van der Waals surface area contributed by atoms with Gasteiger partial charge in [-0.05, 0) is 43.0 Å². The third-order valence-electron chi connectivity index (χ3n) is 3.83. The maximum atomic E-state index is 13.1. The summed E-state index contributed by atoms with van der Waals surface area (Å²) in [6.45, 7) is 5.92. The van der Waals surface area contributed by atoms with E-state index in [1.54, 1.807) is 16.8 Å². The molecule has 2 aromatic rings. The predicted octanol–water partition coefficient (Wildman–Crippen LogP) is 2.71. The molecule has 0 saturated carbocycles. The number of benzene rings is 1. The Hall–Kier alpha value is -2.21. The van der Waals surface area contributed by atoms with Crippen LogP contribution in [0.4, 0.5) is 4.39 Å². The number of rotatable bonds is 7. The summed E-state index contributed by atoms with van der Waals surface area (Å²) in [6.07, 6.45) is 2.82. The van der Waals surface area contributed by atoms with Crippen molar-refractivity contribution >= 4 is 5.91 Å². The average molecular weight is 333 g/mol. The van der Waals surface area contributed by atoms with Crippen LogP contribution in [0.3, 0.4) is 0 Å². The number of nitrogens with zero attached hydrogens (tertiary/aromatic N) is 2. The first-order valence-corrected chi connectivity index (χ1v) is 8.20. The molecule has 1 unspecified atom stereocenters. The molecule has 5 nitrogen and oxygen atoms in total. The fraction of sp³-hybridized carbons (Fsp3) is 0.444. The summed E-state index contributed by atoms with van der Waals surface area (Å²) in [5.41, 5.74) is 1.93. The molecule has 0 aliphatic heterocycles. The molecule has 1 aromatic heterocycles. The first kappa shape index (κ1) is 18.1. The van der Waals surface area contributed by atoms with Crippen LogP contribution in [0.5, 0.6) is 0 Å². The van der Waals surface area contributed by atoms with E-state index < -0.39 is 0 Å². The Morgan fingerprint density at radius 2 is 2.00 bits per heavy atom. The fourth-order valence-corrected chi connectivity index (χ4v) is 2.72. The quantitative estimate of drug-likeness (QED) is 0.819. The van der Waals surface area contributed by atoms with Gasteiger partial charge in [-0.15, -0.1) is 0 Å². The van der Waals surface area contributed by atoms with Crippen LogP contribution < -0.4 is 5.32 Å². The molecule has 0 fully saturated rings. The summed E-state index contributed by atoms with van der Waals surface area (Å²) >= 11 is 0. The monoisotopic (exact) mass is 333 g/mol. The standard InChI is InChI=1S/C18H24FN3O2/c1-4-17-16(18(24)21-14(11-23)9-12(2)3)10-20-22(17)15-7-5-13(19)6-8-15/h5-8,10,12,14,23H,4,9,11H2,1-3H3,(H,21,24). The SMILES string of the molecule is CCc1c(C(=O)NC(CO)CC(C)C)cnn1-c1ccc(F)cc1. The van der Waals surface area contributed by atoms with Gasteiger partial charge in [-0.1, -0.05) is 20.8 Å². The van der Waals surface area contributed by atoms with Gasteiger partial charge in [0.2, 0.25) is 0 Å². The van der Waals surface area contributed by atoms with Crippen LogP contribution in [-0.2, 0) is 6.42 Å². The fourth-order valence-electron chi connectivity index (χ4n) is 2.72. The molecule has 1 atom stereocenters. The summed E-state index contributed by atoms with van der Waals surface area (Å²) in [7, 11) is 0. The topological polar surface area (TPSA) is 67.2 Å². The second-order valence-electron chi connectivity index (χ2n) is 6.23. The summed E-state index contributed by atoms with van der Waals surface area (Å²) < 4.78 is 14.7. The number of aromatic nitrogens is 2. The van der Waals surface area contributed by atoms with Crippen LogP contribution in [0, 0.1) is 11.7 Å². The number of hydrogen-bond donors (Lipinski definition) is 2. The van der Waals surface area contributed by atoms with Gasteiger partial charge in [0.1, 0.15) is 5.82 Å². The number of carbonyl (C=O) groups is 1. The summed E-state index contributed by atoms with van der Waals surface area (Å²) in [6, 6.07) is 5.69. The van der Waals surface area contributed by atoms with E-state index in [1.807, 2.05) is 20.8 Å². The number of amides is 1. The van der Waals surface area contributed by atoms with Crippen molar-refractivity contribution in [3.05, 3.63) is 47.5 Å². The Labute approximate surface area is 141 Å². The largest absolute Gasteiger partial charge is 0.394 e. The smallest absolute Gasteiger partial charge is 0.255 e. The Morgan fingerprint density at radius 3 is 2.54 bits per heavy atom. The minimum Gasteiger partial charge on any atom is -0.394 e. The maximum absolute atomic E-state index is 13.1. The maximum Gasteiger partial charge on any atom is 0.255 e. The molecule has 0 saturated heterocycles. The highest BCUT2D eigenvalue weighted by Crippen LogP contribution is 2.17. The van der Waals surface area contributed by atoms with Crippen molar-refractivity contribution < 1.29 is 14.3 Å². The van der Waals surface area contributed by atoms with E-state index in [1.165, 1.54) is 18.3 Å². The van der Waals surface area contributed by atoms with Crippen LogP contribution in [-0.4, -0.2) is 33.4 Å². The van der Waals surface area contributed by atoms with Crippen molar-refractivity contribution in [2.75, 3.05) is 6.61 Å². The van der Waals surface area contributed by atoms with Crippen LogP contribution in [0.2, 0.25) is 0 Å². The Balaban J connectivity index is 2.24. The van der Waals surface area contributed by atoms with Gasteiger partial charge in [0.25, 0.3) is 5.91 Å². The third kappa shape index (κ3) is 4.20. The predicted molar refractivity (Wildman–Crippen MR) is 90.7 cm³/mol. The summed E-state index contributed by atoms with van der Waals surface area (Å²) in [4.78, 5) is 12.5. The molecule has 130 valence electrons. The van der Waals surface area contributed by atoms with E-state index in [0.717, 1.165) is 5.69 Å². The summed E-state index contributed by atoms with van der Waals surface area (Å²) in [5, 5.41) is 16.6. The van der Waals surface area contributed by atoms with Crippen molar-refractivity contribution in [1.29, 1.82) is 0 Å². The molecule has 6 heteroatoms. The van der Waals surface area contributed by atoms with Crippen molar-refractivity contribution in [3.8, 4) is 5.69 Å². The van der Waals surface area contributed by atoms with Gasteiger partial charge in [0.15, 0.2) is 0 Å². The van der Waals surface area contributed by atoms with Crippen LogP contribution in [0.1, 0.15) is 43.2 Å². The number of aliphatic hydroxyl groups is 1. The Morgan fingerprint density at radius 1 is 1.33 bits per heavy atom. The third-order valence-corrected chi connectivity index (χ3v) is 3.83. The number of nitrogens with one attached hydrogen (secondary N) is 1. The highest BCUT2D eigenvalue weighted by Gasteiger charge is 2.20. The highest BCUT2D eigenvalue weighted by atomic mass is 19.1. The van der Waals surface area contributed by atoms with Gasteiger partial charge < -0.3 is 10.4 Å². The van der Waals surface area contributed by atoms with Gasteiger partial charge in [-0.25, -0.2) is 9.07 Å². The molecule has 1 amide bonds. The van der Waals surface area contributed by atoms with Gasteiger partial charge >= 0.3 is 0 Å². The van der Waals surface area contributed by atoms with Crippen LogP contribution in [0.25, 0.3) is 5.69 Å². The lowest BCUT2D eigenvalue weighted by atomic mass is 10.0. The van der Waals surface area contributed by atoms with Crippen molar-refractivity contribution in [2.24, 2.45) is 5.92 Å². The van der Waals surface area contributed by atoms with Gasteiger partial charge in [-0.3, -0.25) is 4.79 Å². The molecular weight excluding hydrogens is 309 g/mol. The molecule has 2 rings (SSSR count). The zero-order valence-electron chi connectivity index (χ0n) is 14.3.